The topological polar surface area (TPSA) is 54.5 Å². The van der Waals surface area contributed by atoms with E-state index in [1.165, 1.54) is 11.0 Å². The highest BCUT2D eigenvalue weighted by atomic mass is 79.9. The van der Waals surface area contributed by atoms with Gasteiger partial charge in [-0.15, -0.1) is 0 Å². The summed E-state index contributed by atoms with van der Waals surface area (Å²) in [6, 6.07) is 3.09. The standard InChI is InChI=1S/C12H13BrFNO3S/c1-19(17,18)5-3-11(16)15-4-2-8-6-9(13)7-10(14)12(8)15/h6-7H,2-5H2,1H3. The molecular formula is C12H13BrFNO3S. The van der Waals surface area contributed by atoms with Crippen molar-refractivity contribution >= 4 is 37.4 Å². The zero-order valence-electron chi connectivity index (χ0n) is 10.3. The number of sulfone groups is 1. The molecular weight excluding hydrogens is 337 g/mol. The van der Waals surface area contributed by atoms with Crippen molar-refractivity contribution in [2.75, 3.05) is 23.5 Å². The van der Waals surface area contributed by atoms with Crippen LogP contribution >= 0.6 is 15.9 Å². The maximum Gasteiger partial charge on any atom is 0.228 e. The van der Waals surface area contributed by atoms with Gasteiger partial charge in [0.2, 0.25) is 5.91 Å². The van der Waals surface area contributed by atoms with E-state index in [2.05, 4.69) is 15.9 Å². The Bertz CT molecular complexity index is 630. The molecule has 0 aromatic heterocycles. The first-order valence-corrected chi connectivity index (χ1v) is 8.59. The van der Waals surface area contributed by atoms with Crippen LogP contribution in [0.1, 0.15) is 12.0 Å². The molecule has 1 aromatic rings. The lowest BCUT2D eigenvalue weighted by Gasteiger charge is -2.17. The molecule has 104 valence electrons. The van der Waals surface area contributed by atoms with Gasteiger partial charge >= 0.3 is 0 Å². The van der Waals surface area contributed by atoms with Gasteiger partial charge in [0.15, 0.2) is 0 Å². The molecule has 0 fully saturated rings. The van der Waals surface area contributed by atoms with Gasteiger partial charge in [-0.3, -0.25) is 4.79 Å². The van der Waals surface area contributed by atoms with E-state index in [0.29, 0.717) is 17.4 Å². The number of hydrogen-bond donors (Lipinski definition) is 0. The number of benzene rings is 1. The first kappa shape index (κ1) is 14.5. The Morgan fingerprint density at radius 1 is 1.47 bits per heavy atom. The van der Waals surface area contributed by atoms with Crippen LogP contribution in [-0.2, 0) is 21.1 Å². The van der Waals surface area contributed by atoms with Gasteiger partial charge in [0.05, 0.1) is 11.4 Å². The summed E-state index contributed by atoms with van der Waals surface area (Å²) < 4.78 is 36.6. The number of rotatable bonds is 3. The molecule has 19 heavy (non-hydrogen) atoms. The molecule has 0 N–H and O–H groups in total. The number of hydrogen-bond acceptors (Lipinski definition) is 3. The molecule has 0 atom stereocenters. The Hall–Kier alpha value is -0.950. The lowest BCUT2D eigenvalue weighted by atomic mass is 10.1. The first-order valence-electron chi connectivity index (χ1n) is 5.74. The van der Waals surface area contributed by atoms with Crippen molar-refractivity contribution in [1.82, 2.24) is 0 Å². The molecule has 0 aliphatic carbocycles. The quantitative estimate of drug-likeness (QED) is 0.837. The van der Waals surface area contributed by atoms with Crippen molar-refractivity contribution in [1.29, 1.82) is 0 Å². The normalized spacial score (nSPS) is 14.6. The SMILES string of the molecule is CS(=O)(=O)CCC(=O)N1CCc2cc(Br)cc(F)c21. The highest BCUT2D eigenvalue weighted by Gasteiger charge is 2.28. The third kappa shape index (κ3) is 3.33. The number of carbonyl (C=O) groups excluding carboxylic acids is 1. The maximum atomic E-state index is 13.9. The molecule has 7 heteroatoms. The van der Waals surface area contributed by atoms with Crippen molar-refractivity contribution in [3.8, 4) is 0 Å². The van der Waals surface area contributed by atoms with E-state index >= 15 is 0 Å². The average Bonchev–Trinajstić information content (AvgIpc) is 2.68. The summed E-state index contributed by atoms with van der Waals surface area (Å²) in [5.41, 5.74) is 1.04. The summed E-state index contributed by atoms with van der Waals surface area (Å²) >= 11 is 3.21. The van der Waals surface area contributed by atoms with Crippen LogP contribution in [0.5, 0.6) is 0 Å². The zero-order chi connectivity index (χ0) is 14.2. The zero-order valence-corrected chi connectivity index (χ0v) is 12.7. The molecule has 1 heterocycles. The van der Waals surface area contributed by atoms with E-state index < -0.39 is 15.7 Å². The maximum absolute atomic E-state index is 13.9. The lowest BCUT2D eigenvalue weighted by Crippen LogP contribution is -2.30. The molecule has 0 radical (unpaired) electrons. The monoisotopic (exact) mass is 349 g/mol. The summed E-state index contributed by atoms with van der Waals surface area (Å²) in [4.78, 5) is 13.3. The van der Waals surface area contributed by atoms with E-state index in [0.717, 1.165) is 11.8 Å². The molecule has 1 aromatic carbocycles. The van der Waals surface area contributed by atoms with Crippen LogP contribution in [0.15, 0.2) is 16.6 Å². The first-order chi connectivity index (χ1) is 8.78. The Morgan fingerprint density at radius 2 is 2.16 bits per heavy atom. The van der Waals surface area contributed by atoms with E-state index in [-0.39, 0.29) is 23.8 Å². The number of anilines is 1. The van der Waals surface area contributed by atoms with E-state index in [1.807, 2.05) is 0 Å². The summed E-state index contributed by atoms with van der Waals surface area (Å²) in [7, 11) is -3.19. The molecule has 0 spiro atoms. The second-order valence-corrected chi connectivity index (χ2v) is 7.75. The second-order valence-electron chi connectivity index (χ2n) is 4.57. The van der Waals surface area contributed by atoms with Crippen molar-refractivity contribution < 1.29 is 17.6 Å². The van der Waals surface area contributed by atoms with Crippen LogP contribution in [0.25, 0.3) is 0 Å². The van der Waals surface area contributed by atoms with Crippen LogP contribution < -0.4 is 4.90 Å². The highest BCUT2D eigenvalue weighted by molar-refractivity contribution is 9.10. The summed E-state index contributed by atoms with van der Waals surface area (Å²) in [5.74, 6) is -1.03. The summed E-state index contributed by atoms with van der Waals surface area (Å²) in [6.45, 7) is 0.394. The second kappa shape index (κ2) is 5.20. The number of fused-ring (bicyclic) bond motifs is 1. The number of amides is 1. The van der Waals surface area contributed by atoms with E-state index in [4.69, 9.17) is 0 Å². The van der Waals surface area contributed by atoms with Crippen LogP contribution in [-0.4, -0.2) is 32.9 Å². The Labute approximate surface area is 119 Å². The molecule has 1 aliphatic rings. The fraction of sp³-hybridized carbons (Fsp3) is 0.417. The lowest BCUT2D eigenvalue weighted by molar-refractivity contribution is -0.118. The van der Waals surface area contributed by atoms with Crippen molar-refractivity contribution in [2.45, 2.75) is 12.8 Å². The Kier molecular flexibility index (Phi) is 3.96. The largest absolute Gasteiger partial charge is 0.309 e. The van der Waals surface area contributed by atoms with E-state index in [9.17, 15) is 17.6 Å². The number of halogens is 2. The van der Waals surface area contributed by atoms with Gasteiger partial charge < -0.3 is 4.90 Å². The minimum Gasteiger partial charge on any atom is -0.309 e. The van der Waals surface area contributed by atoms with Gasteiger partial charge in [0.1, 0.15) is 15.7 Å². The highest BCUT2D eigenvalue weighted by Crippen LogP contribution is 2.34. The fourth-order valence-electron chi connectivity index (χ4n) is 2.11. The van der Waals surface area contributed by atoms with Gasteiger partial charge in [-0.05, 0) is 24.1 Å². The molecule has 1 amide bonds. The Morgan fingerprint density at radius 3 is 2.79 bits per heavy atom. The Balaban J connectivity index is 2.20. The number of carbonyl (C=O) groups is 1. The van der Waals surface area contributed by atoms with Gasteiger partial charge in [0, 0.05) is 23.7 Å². The molecule has 0 unspecified atom stereocenters. The average molecular weight is 350 g/mol. The molecule has 0 bridgehead atoms. The predicted octanol–water partition coefficient (Wildman–Crippen LogP) is 1.91. The minimum absolute atomic E-state index is 0.117. The van der Waals surface area contributed by atoms with Gasteiger partial charge in [-0.1, -0.05) is 15.9 Å². The predicted molar refractivity (Wildman–Crippen MR) is 74.5 cm³/mol. The van der Waals surface area contributed by atoms with Crippen LogP contribution in [0.2, 0.25) is 0 Å². The molecule has 2 rings (SSSR count). The summed E-state index contributed by atoms with van der Waals surface area (Å²) in [6.07, 6.45) is 1.54. The van der Waals surface area contributed by atoms with Gasteiger partial charge in [-0.25, -0.2) is 12.8 Å². The molecule has 0 saturated heterocycles. The third-order valence-electron chi connectivity index (χ3n) is 2.97. The minimum atomic E-state index is -3.19. The van der Waals surface area contributed by atoms with Crippen LogP contribution in [0.3, 0.4) is 0 Å². The van der Waals surface area contributed by atoms with E-state index in [1.54, 1.807) is 6.07 Å². The van der Waals surface area contributed by atoms with Crippen molar-refractivity contribution in [2.24, 2.45) is 0 Å². The third-order valence-corrected chi connectivity index (χ3v) is 4.37. The van der Waals surface area contributed by atoms with Gasteiger partial charge in [0.25, 0.3) is 0 Å². The van der Waals surface area contributed by atoms with Crippen LogP contribution in [0.4, 0.5) is 10.1 Å². The molecule has 1 aliphatic heterocycles. The smallest absolute Gasteiger partial charge is 0.228 e. The van der Waals surface area contributed by atoms with Crippen molar-refractivity contribution in [3.05, 3.63) is 28.0 Å². The molecule has 0 saturated carbocycles. The fourth-order valence-corrected chi connectivity index (χ4v) is 3.14. The van der Waals surface area contributed by atoms with Crippen LogP contribution in [0, 0.1) is 5.82 Å². The van der Waals surface area contributed by atoms with Crippen molar-refractivity contribution in [3.63, 3.8) is 0 Å². The summed E-state index contributed by atoms with van der Waals surface area (Å²) in [5, 5.41) is 0. The van der Waals surface area contributed by atoms with Gasteiger partial charge in [-0.2, -0.15) is 0 Å². The molecule has 4 nitrogen and oxygen atoms in total. The number of nitrogens with zero attached hydrogens (tertiary/aromatic N) is 1.